The minimum absolute atomic E-state index is 0.0500. The molecule has 0 rings (SSSR count). The van der Waals surface area contributed by atoms with Crippen LogP contribution in [-0.2, 0) is 4.79 Å². The van der Waals surface area contributed by atoms with Crippen molar-refractivity contribution >= 4 is 5.78 Å². The Balaban J connectivity index is 4.33. The van der Waals surface area contributed by atoms with E-state index in [1.807, 2.05) is 19.1 Å². The van der Waals surface area contributed by atoms with E-state index in [1.54, 1.807) is 0 Å². The number of nitrogens with zero attached hydrogens (tertiary/aromatic N) is 2. The molecule has 3 nitrogen and oxygen atoms in total. The maximum absolute atomic E-state index is 10.8. The Bertz CT molecular complexity index is 233. The van der Waals surface area contributed by atoms with Crippen LogP contribution in [-0.4, -0.2) is 5.78 Å². The Morgan fingerprint density at radius 3 is 2.23 bits per heavy atom. The maximum atomic E-state index is 10.8. The topological polar surface area (TPSA) is 64.7 Å². The fourth-order valence-electron chi connectivity index (χ4n) is 1.37. The first-order valence-corrected chi connectivity index (χ1v) is 4.44. The number of hydrogen-bond donors (Lipinski definition) is 0. The van der Waals surface area contributed by atoms with E-state index < -0.39 is 5.92 Å². The lowest BCUT2D eigenvalue weighted by Crippen LogP contribution is -2.14. The molecule has 0 aliphatic rings. The van der Waals surface area contributed by atoms with Gasteiger partial charge in [-0.25, -0.2) is 0 Å². The van der Waals surface area contributed by atoms with Gasteiger partial charge in [0.05, 0.1) is 12.1 Å². The standard InChI is InChI=1S/C10H14N2O/c1-3-4-9(5-8(2)13)10(6-11)7-12/h9-10H,3-5H2,1-2H3/t9-/m0/s1. The van der Waals surface area contributed by atoms with E-state index in [9.17, 15) is 4.79 Å². The van der Waals surface area contributed by atoms with Gasteiger partial charge in [0.1, 0.15) is 11.7 Å². The normalized spacial score (nSPS) is 11.8. The van der Waals surface area contributed by atoms with Gasteiger partial charge in [-0.3, -0.25) is 0 Å². The van der Waals surface area contributed by atoms with Gasteiger partial charge in [-0.05, 0) is 19.3 Å². The van der Waals surface area contributed by atoms with Crippen LogP contribution in [0, 0.1) is 34.5 Å². The molecule has 13 heavy (non-hydrogen) atoms. The van der Waals surface area contributed by atoms with Crippen LogP contribution in [0.2, 0.25) is 0 Å². The van der Waals surface area contributed by atoms with Crippen LogP contribution in [0.25, 0.3) is 0 Å². The van der Waals surface area contributed by atoms with Gasteiger partial charge >= 0.3 is 0 Å². The van der Waals surface area contributed by atoms with Gasteiger partial charge in [-0.1, -0.05) is 13.3 Å². The van der Waals surface area contributed by atoms with E-state index in [4.69, 9.17) is 10.5 Å². The second kappa shape index (κ2) is 6.20. The molecule has 0 radical (unpaired) electrons. The number of hydrogen-bond acceptors (Lipinski definition) is 3. The predicted octanol–water partition coefficient (Wildman–Crippen LogP) is 2.05. The van der Waals surface area contributed by atoms with Crippen molar-refractivity contribution in [2.24, 2.45) is 11.8 Å². The molecule has 0 spiro atoms. The highest BCUT2D eigenvalue weighted by Crippen LogP contribution is 2.20. The Morgan fingerprint density at radius 1 is 1.38 bits per heavy atom. The average molecular weight is 178 g/mol. The quantitative estimate of drug-likeness (QED) is 0.647. The first-order chi connectivity index (χ1) is 6.15. The van der Waals surface area contributed by atoms with Crippen molar-refractivity contribution in [3.8, 4) is 12.1 Å². The molecular formula is C10H14N2O. The highest BCUT2D eigenvalue weighted by Gasteiger charge is 2.21. The Kier molecular flexibility index (Phi) is 5.55. The molecule has 3 heteroatoms. The summed E-state index contributed by atoms with van der Waals surface area (Å²) in [4.78, 5) is 10.8. The molecule has 0 aliphatic carbocycles. The molecule has 0 saturated carbocycles. The molecule has 70 valence electrons. The van der Waals surface area contributed by atoms with Crippen LogP contribution >= 0.6 is 0 Å². The van der Waals surface area contributed by atoms with Crippen LogP contribution in [0.15, 0.2) is 0 Å². The molecule has 0 aromatic rings. The third kappa shape index (κ3) is 4.28. The minimum atomic E-state index is -0.635. The summed E-state index contributed by atoms with van der Waals surface area (Å²) in [7, 11) is 0. The number of carbonyl (C=O) groups excluding carboxylic acids is 1. The van der Waals surface area contributed by atoms with E-state index in [0.717, 1.165) is 12.8 Å². The van der Waals surface area contributed by atoms with Gasteiger partial charge in [0.15, 0.2) is 0 Å². The molecule has 0 saturated heterocycles. The fraction of sp³-hybridized carbons (Fsp3) is 0.700. The van der Waals surface area contributed by atoms with Crippen molar-refractivity contribution in [3.05, 3.63) is 0 Å². The highest BCUT2D eigenvalue weighted by molar-refractivity contribution is 5.75. The maximum Gasteiger partial charge on any atom is 0.136 e. The van der Waals surface area contributed by atoms with E-state index in [0.29, 0.717) is 6.42 Å². The second-order valence-corrected chi connectivity index (χ2v) is 3.19. The highest BCUT2D eigenvalue weighted by atomic mass is 16.1. The average Bonchev–Trinajstić information content (AvgIpc) is 2.05. The molecule has 0 N–H and O–H groups in total. The zero-order valence-electron chi connectivity index (χ0n) is 8.08. The van der Waals surface area contributed by atoms with E-state index >= 15 is 0 Å². The van der Waals surface area contributed by atoms with Gasteiger partial charge < -0.3 is 4.79 Å². The molecule has 0 aromatic carbocycles. The van der Waals surface area contributed by atoms with Crippen LogP contribution in [0.5, 0.6) is 0 Å². The van der Waals surface area contributed by atoms with Gasteiger partial charge in [0.2, 0.25) is 0 Å². The summed E-state index contributed by atoms with van der Waals surface area (Å²) in [5, 5.41) is 17.3. The SMILES string of the molecule is CCC[C@@H](CC(C)=O)C(C#N)C#N. The first kappa shape index (κ1) is 11.6. The smallest absolute Gasteiger partial charge is 0.136 e. The Labute approximate surface area is 79.0 Å². The lowest BCUT2D eigenvalue weighted by atomic mass is 9.86. The number of ketones is 1. The number of rotatable bonds is 5. The van der Waals surface area contributed by atoms with Crippen molar-refractivity contribution in [1.82, 2.24) is 0 Å². The molecule has 0 bridgehead atoms. The van der Waals surface area contributed by atoms with Crippen molar-refractivity contribution in [3.63, 3.8) is 0 Å². The minimum Gasteiger partial charge on any atom is -0.300 e. The van der Waals surface area contributed by atoms with Crippen molar-refractivity contribution in [2.75, 3.05) is 0 Å². The summed E-state index contributed by atoms with van der Waals surface area (Å²) < 4.78 is 0. The zero-order valence-corrected chi connectivity index (χ0v) is 8.08. The predicted molar refractivity (Wildman–Crippen MR) is 48.4 cm³/mol. The lowest BCUT2D eigenvalue weighted by molar-refractivity contribution is -0.118. The van der Waals surface area contributed by atoms with Gasteiger partial charge in [0, 0.05) is 6.42 Å². The van der Waals surface area contributed by atoms with Gasteiger partial charge in [0.25, 0.3) is 0 Å². The third-order valence-electron chi connectivity index (χ3n) is 1.96. The van der Waals surface area contributed by atoms with E-state index in [-0.39, 0.29) is 11.7 Å². The summed E-state index contributed by atoms with van der Waals surface area (Å²) in [6, 6.07) is 3.86. The summed E-state index contributed by atoms with van der Waals surface area (Å²) >= 11 is 0. The number of Topliss-reactive ketones (excluding diaryl/α,β-unsaturated/α-hetero) is 1. The van der Waals surface area contributed by atoms with Crippen LogP contribution in [0.1, 0.15) is 33.1 Å². The van der Waals surface area contributed by atoms with Gasteiger partial charge in [-0.15, -0.1) is 0 Å². The summed E-state index contributed by atoms with van der Waals surface area (Å²) in [6.45, 7) is 3.48. The van der Waals surface area contributed by atoms with Crippen molar-refractivity contribution in [1.29, 1.82) is 10.5 Å². The zero-order chi connectivity index (χ0) is 10.3. The van der Waals surface area contributed by atoms with Crippen LogP contribution < -0.4 is 0 Å². The van der Waals surface area contributed by atoms with Crippen LogP contribution in [0.4, 0.5) is 0 Å². The molecule has 0 fully saturated rings. The number of nitriles is 2. The van der Waals surface area contributed by atoms with E-state index in [2.05, 4.69) is 0 Å². The molecule has 0 aromatic heterocycles. The van der Waals surface area contributed by atoms with Crippen molar-refractivity contribution < 1.29 is 4.79 Å². The summed E-state index contributed by atoms with van der Waals surface area (Å²) in [5.74, 6) is -0.671. The molecule has 1 atom stereocenters. The first-order valence-electron chi connectivity index (χ1n) is 4.44. The Morgan fingerprint density at radius 2 is 1.92 bits per heavy atom. The fourth-order valence-corrected chi connectivity index (χ4v) is 1.37. The summed E-state index contributed by atoms with van der Waals surface area (Å²) in [5.41, 5.74) is 0. The molecule has 0 amide bonds. The van der Waals surface area contributed by atoms with Crippen LogP contribution in [0.3, 0.4) is 0 Å². The van der Waals surface area contributed by atoms with Crippen molar-refractivity contribution in [2.45, 2.75) is 33.1 Å². The summed E-state index contributed by atoms with van der Waals surface area (Å²) in [6.07, 6.45) is 2.02. The molecular weight excluding hydrogens is 164 g/mol. The largest absolute Gasteiger partial charge is 0.300 e. The Hall–Kier alpha value is -1.35. The molecule has 0 heterocycles. The molecule has 0 unspecified atom stereocenters. The number of carbonyl (C=O) groups is 1. The lowest BCUT2D eigenvalue weighted by Gasteiger charge is -2.13. The van der Waals surface area contributed by atoms with E-state index in [1.165, 1.54) is 6.92 Å². The second-order valence-electron chi connectivity index (χ2n) is 3.19. The monoisotopic (exact) mass is 178 g/mol. The third-order valence-corrected chi connectivity index (χ3v) is 1.96. The molecule has 0 aliphatic heterocycles. The van der Waals surface area contributed by atoms with Gasteiger partial charge in [-0.2, -0.15) is 10.5 Å².